The lowest BCUT2D eigenvalue weighted by molar-refractivity contribution is -0.0471. The number of carbonyl (C=O) groups excluding carboxylic acids is 1. The van der Waals surface area contributed by atoms with Crippen LogP contribution in [-0.4, -0.2) is 42.8 Å². The molecule has 3 rings (SSSR count). The van der Waals surface area contributed by atoms with Crippen LogP contribution in [-0.2, 0) is 32.5 Å². The number of ketones is 1. The van der Waals surface area contributed by atoms with Crippen LogP contribution in [0.1, 0.15) is 40.2 Å². The van der Waals surface area contributed by atoms with E-state index in [4.69, 9.17) is 0 Å². The van der Waals surface area contributed by atoms with Crippen LogP contribution in [0.25, 0.3) is 0 Å². The van der Waals surface area contributed by atoms with Gasteiger partial charge in [-0.25, -0.2) is 16.8 Å². The second-order valence-corrected chi connectivity index (χ2v) is 11.9. The highest BCUT2D eigenvalue weighted by atomic mass is 32.3. The Morgan fingerprint density at radius 3 is 2.00 bits per heavy atom. The molecule has 0 N–H and O–H groups in total. The summed E-state index contributed by atoms with van der Waals surface area (Å²) in [7, 11) is -13.7. The minimum Gasteiger partial charge on any atom is -0.294 e. The second kappa shape index (κ2) is 8.77. The minimum atomic E-state index is -6.83. The molecule has 14 heteroatoms. The van der Waals surface area contributed by atoms with Crippen molar-refractivity contribution in [3.8, 4) is 12.0 Å². The zero-order valence-electron chi connectivity index (χ0n) is 16.9. The van der Waals surface area contributed by atoms with E-state index in [1.807, 2.05) is 0 Å². The molecule has 0 amide bonds. The zero-order chi connectivity index (χ0) is 25.5. The average Bonchev–Trinajstić information content (AvgIpc) is 3.08. The minimum absolute atomic E-state index is 0.0493. The Morgan fingerprint density at radius 1 is 0.912 bits per heavy atom. The number of nitrogens with zero attached hydrogens (tertiary/aromatic N) is 1. The maximum absolute atomic E-state index is 13.2. The maximum Gasteiger partial charge on any atom is 0.498 e. The standard InChI is InChI=1S/C20H15F6NO5S2/c21-19(22,23)33(29,30)18(34(31,32)20(24,25)26)12-14-11-15-16(7-4-8-17(15)28)27(14)10-9-13-5-2-1-3-6-13/h1-3,5-6,11,18H,4,7-8,12H2. The highest BCUT2D eigenvalue weighted by Gasteiger charge is 2.63. The summed E-state index contributed by atoms with van der Waals surface area (Å²) in [6.07, 6.45) is -1.18. The maximum atomic E-state index is 13.2. The summed E-state index contributed by atoms with van der Waals surface area (Å²) in [6.45, 7) is 0. The Kier molecular flexibility index (Phi) is 6.66. The van der Waals surface area contributed by atoms with Crippen LogP contribution in [0, 0.1) is 12.0 Å². The van der Waals surface area contributed by atoms with Gasteiger partial charge in [-0.3, -0.25) is 9.36 Å². The van der Waals surface area contributed by atoms with Crippen LogP contribution in [0.3, 0.4) is 0 Å². The van der Waals surface area contributed by atoms with E-state index in [0.717, 1.165) is 10.6 Å². The number of hydrogen-bond donors (Lipinski definition) is 0. The highest BCUT2D eigenvalue weighted by molar-refractivity contribution is 8.09. The summed E-state index contributed by atoms with van der Waals surface area (Å²) >= 11 is 0. The molecule has 34 heavy (non-hydrogen) atoms. The van der Waals surface area contributed by atoms with Gasteiger partial charge in [-0.2, -0.15) is 26.3 Å². The van der Waals surface area contributed by atoms with Crippen molar-refractivity contribution in [3.05, 3.63) is 58.9 Å². The van der Waals surface area contributed by atoms with Gasteiger partial charge in [-0.15, -0.1) is 0 Å². The molecule has 0 unspecified atom stereocenters. The number of benzene rings is 1. The first-order valence-corrected chi connectivity index (χ1v) is 12.6. The smallest absolute Gasteiger partial charge is 0.294 e. The van der Waals surface area contributed by atoms with Crippen molar-refractivity contribution in [2.24, 2.45) is 0 Å². The molecule has 184 valence electrons. The Hall–Kier alpha value is -2.79. The number of rotatable bonds is 4. The van der Waals surface area contributed by atoms with Gasteiger partial charge < -0.3 is 0 Å². The van der Waals surface area contributed by atoms with Crippen molar-refractivity contribution in [1.29, 1.82) is 0 Å². The summed E-state index contributed by atoms with van der Waals surface area (Å²) in [5, 5.41) is 0. The molecular formula is C20H15F6NO5S2. The van der Waals surface area contributed by atoms with Crippen molar-refractivity contribution in [1.82, 2.24) is 4.57 Å². The molecule has 1 aromatic carbocycles. The molecule has 0 saturated carbocycles. The summed E-state index contributed by atoms with van der Waals surface area (Å²) < 4.78 is 124. The van der Waals surface area contributed by atoms with E-state index in [0.29, 0.717) is 12.0 Å². The van der Waals surface area contributed by atoms with E-state index in [2.05, 4.69) is 12.0 Å². The quantitative estimate of drug-likeness (QED) is 0.448. The predicted octanol–water partition coefficient (Wildman–Crippen LogP) is 3.60. The largest absolute Gasteiger partial charge is 0.498 e. The first kappa shape index (κ1) is 25.8. The van der Waals surface area contributed by atoms with Gasteiger partial charge in [-0.05, 0) is 37.0 Å². The van der Waals surface area contributed by atoms with Crippen LogP contribution in [0.4, 0.5) is 26.3 Å². The van der Waals surface area contributed by atoms with E-state index in [1.165, 1.54) is 0 Å². The van der Waals surface area contributed by atoms with E-state index < -0.39 is 53.2 Å². The number of halogens is 6. The van der Waals surface area contributed by atoms with Crippen LogP contribution in [0.15, 0.2) is 36.4 Å². The van der Waals surface area contributed by atoms with Gasteiger partial charge in [0.25, 0.3) is 19.7 Å². The van der Waals surface area contributed by atoms with Gasteiger partial charge in [0.2, 0.25) is 0 Å². The monoisotopic (exact) mass is 527 g/mol. The summed E-state index contributed by atoms with van der Waals surface area (Å²) in [5.41, 5.74) is -12.6. The third-order valence-electron chi connectivity index (χ3n) is 5.10. The molecule has 0 fully saturated rings. The molecule has 2 aromatic rings. The molecule has 1 aromatic heterocycles. The fraction of sp³-hybridized carbons (Fsp3) is 0.350. The van der Waals surface area contributed by atoms with E-state index in [9.17, 15) is 48.0 Å². The van der Waals surface area contributed by atoms with E-state index in [-0.39, 0.29) is 24.1 Å². The number of hydrogen-bond acceptors (Lipinski definition) is 5. The molecule has 6 nitrogen and oxygen atoms in total. The topological polar surface area (TPSA) is 90.3 Å². The van der Waals surface area contributed by atoms with E-state index >= 15 is 0 Å². The van der Waals surface area contributed by atoms with Gasteiger partial charge in [0.1, 0.15) is 0 Å². The van der Waals surface area contributed by atoms with Crippen LogP contribution < -0.4 is 0 Å². The van der Waals surface area contributed by atoms with Crippen molar-refractivity contribution < 1.29 is 48.0 Å². The summed E-state index contributed by atoms with van der Waals surface area (Å²) in [5.74, 6) is 2.15. The molecule has 1 aliphatic carbocycles. The normalized spacial score (nSPS) is 15.1. The lowest BCUT2D eigenvalue weighted by Crippen LogP contribution is -2.46. The molecular weight excluding hydrogens is 512 g/mol. The van der Waals surface area contributed by atoms with Gasteiger partial charge in [0, 0.05) is 41.4 Å². The molecule has 1 heterocycles. The van der Waals surface area contributed by atoms with Crippen LogP contribution in [0.2, 0.25) is 0 Å². The van der Waals surface area contributed by atoms with Crippen molar-refractivity contribution >= 4 is 25.5 Å². The Balaban J connectivity index is 2.23. The first-order chi connectivity index (χ1) is 15.6. The summed E-state index contributed by atoms with van der Waals surface area (Å²) in [4.78, 5) is 12.3. The Labute approximate surface area is 190 Å². The molecule has 0 saturated heterocycles. The predicted molar refractivity (Wildman–Crippen MR) is 108 cm³/mol. The average molecular weight is 527 g/mol. The molecule has 0 bridgehead atoms. The number of alkyl halides is 6. The molecule has 0 radical (unpaired) electrons. The van der Waals surface area contributed by atoms with Gasteiger partial charge in [0.05, 0.1) is 0 Å². The van der Waals surface area contributed by atoms with Crippen molar-refractivity contribution in [3.63, 3.8) is 0 Å². The SMILES string of the molecule is O=C1CCCc2c1cc(CC(S(=O)(=O)C(F)(F)F)S(=O)(=O)C(F)(F)F)n2C#Cc1ccccc1. The third-order valence-corrected chi connectivity index (χ3v) is 9.62. The molecule has 0 aliphatic heterocycles. The first-order valence-electron chi connectivity index (χ1n) is 9.51. The third kappa shape index (κ3) is 4.72. The molecule has 0 spiro atoms. The van der Waals surface area contributed by atoms with Crippen LogP contribution in [0.5, 0.6) is 0 Å². The summed E-state index contributed by atoms with van der Waals surface area (Å²) in [6, 6.07) is 11.4. The number of aromatic nitrogens is 1. The van der Waals surface area contributed by atoms with Gasteiger partial charge in [-0.1, -0.05) is 18.2 Å². The Bertz CT molecular complexity index is 1330. The lowest BCUT2D eigenvalue weighted by atomic mass is 9.97. The second-order valence-electron chi connectivity index (χ2n) is 7.33. The molecule has 0 atom stereocenters. The number of fused-ring (bicyclic) bond motifs is 1. The van der Waals surface area contributed by atoms with Gasteiger partial charge in [0.15, 0.2) is 10.4 Å². The van der Waals surface area contributed by atoms with Crippen LogP contribution >= 0.6 is 0 Å². The van der Waals surface area contributed by atoms with Gasteiger partial charge >= 0.3 is 11.0 Å². The lowest BCUT2D eigenvalue weighted by Gasteiger charge is -2.21. The number of sulfone groups is 2. The van der Waals surface area contributed by atoms with E-state index in [1.54, 1.807) is 30.3 Å². The number of Topliss-reactive ketones (excluding diaryl/α,β-unsaturated/α-hetero) is 1. The Morgan fingerprint density at radius 2 is 1.47 bits per heavy atom. The fourth-order valence-electron chi connectivity index (χ4n) is 3.43. The van der Waals surface area contributed by atoms with Crippen molar-refractivity contribution in [2.75, 3.05) is 0 Å². The zero-order valence-corrected chi connectivity index (χ0v) is 18.6. The van der Waals surface area contributed by atoms with Crippen molar-refractivity contribution in [2.45, 2.75) is 41.3 Å². The highest BCUT2D eigenvalue weighted by Crippen LogP contribution is 2.38. The number of carbonyl (C=O) groups is 1. The fourth-order valence-corrected chi connectivity index (χ4v) is 6.80. The molecule has 1 aliphatic rings.